The summed E-state index contributed by atoms with van der Waals surface area (Å²) in [6.45, 7) is -0.748. The number of hydrogen-bond acceptors (Lipinski definition) is 10. The van der Waals surface area contributed by atoms with Crippen molar-refractivity contribution in [3.05, 3.63) is 0 Å². The Balaban J connectivity index is 1.93. The van der Waals surface area contributed by atoms with Crippen molar-refractivity contribution < 1.29 is 49.2 Å². The van der Waals surface area contributed by atoms with Crippen LogP contribution >= 0.6 is 0 Å². The zero-order valence-electron chi connectivity index (χ0n) is 13.6. The molecule has 24 heavy (non-hydrogen) atoms. The summed E-state index contributed by atoms with van der Waals surface area (Å²) >= 11 is 0. The molecule has 0 aromatic heterocycles. The fourth-order valence-electron chi connectivity index (χ4n) is 3.01. The maximum absolute atomic E-state index is 10.2. The van der Waals surface area contributed by atoms with Gasteiger partial charge in [-0.05, 0) is 0 Å². The van der Waals surface area contributed by atoms with Gasteiger partial charge in [-0.1, -0.05) is 0 Å². The molecular formula is C14H26O10. The number of aliphatic hydroxyl groups excluding tert-OH is 5. The average molecular weight is 354 g/mol. The molecule has 2 aliphatic heterocycles. The molecule has 2 heterocycles. The smallest absolute Gasteiger partial charge is 0.186 e. The molecule has 2 aliphatic rings. The molecule has 0 spiro atoms. The number of methoxy groups -OCH3 is 2. The van der Waals surface area contributed by atoms with E-state index in [9.17, 15) is 20.4 Å². The van der Waals surface area contributed by atoms with E-state index in [0.29, 0.717) is 0 Å². The van der Waals surface area contributed by atoms with E-state index in [0.717, 1.165) is 0 Å². The van der Waals surface area contributed by atoms with Crippen LogP contribution in [0, 0.1) is 0 Å². The number of rotatable bonds is 8. The fraction of sp³-hybridized carbons (Fsp3) is 1.00. The lowest BCUT2D eigenvalue weighted by Crippen LogP contribution is -2.51. The van der Waals surface area contributed by atoms with Gasteiger partial charge in [0.15, 0.2) is 6.29 Å². The van der Waals surface area contributed by atoms with Gasteiger partial charge in [-0.2, -0.15) is 0 Å². The third kappa shape index (κ3) is 3.73. The van der Waals surface area contributed by atoms with Crippen molar-refractivity contribution in [1.29, 1.82) is 0 Å². The first-order valence-corrected chi connectivity index (χ1v) is 7.66. The van der Waals surface area contributed by atoms with E-state index in [1.54, 1.807) is 0 Å². The number of aliphatic hydroxyl groups is 5. The Morgan fingerprint density at radius 1 is 0.958 bits per heavy atom. The van der Waals surface area contributed by atoms with Crippen molar-refractivity contribution in [3.63, 3.8) is 0 Å². The van der Waals surface area contributed by atoms with E-state index in [1.807, 2.05) is 0 Å². The topological polar surface area (TPSA) is 147 Å². The maximum Gasteiger partial charge on any atom is 0.186 e. The third-order valence-electron chi connectivity index (χ3n) is 4.38. The second-order valence-corrected chi connectivity index (χ2v) is 6.05. The third-order valence-corrected chi connectivity index (χ3v) is 4.38. The molecule has 0 aromatic rings. The van der Waals surface area contributed by atoms with E-state index in [4.69, 9.17) is 28.8 Å². The Bertz CT molecular complexity index is 396. The minimum Gasteiger partial charge on any atom is -0.394 e. The van der Waals surface area contributed by atoms with Crippen LogP contribution in [0.1, 0.15) is 0 Å². The molecule has 142 valence electrons. The lowest BCUT2D eigenvalue weighted by molar-refractivity contribution is -0.210. The second kappa shape index (κ2) is 8.32. The van der Waals surface area contributed by atoms with Crippen LogP contribution in [0.2, 0.25) is 0 Å². The van der Waals surface area contributed by atoms with Gasteiger partial charge in [-0.3, -0.25) is 0 Å². The van der Waals surface area contributed by atoms with Crippen molar-refractivity contribution in [3.8, 4) is 0 Å². The van der Waals surface area contributed by atoms with Gasteiger partial charge in [0.25, 0.3) is 0 Å². The van der Waals surface area contributed by atoms with Crippen LogP contribution in [0.3, 0.4) is 0 Å². The van der Waals surface area contributed by atoms with Gasteiger partial charge in [0.05, 0.1) is 26.4 Å². The minimum atomic E-state index is -1.34. The highest BCUT2D eigenvalue weighted by atomic mass is 16.7. The lowest BCUT2D eigenvalue weighted by atomic mass is 9.97. The van der Waals surface area contributed by atoms with E-state index >= 15 is 0 Å². The highest BCUT2D eigenvalue weighted by Gasteiger charge is 2.55. The zero-order chi connectivity index (χ0) is 17.9. The summed E-state index contributed by atoms with van der Waals surface area (Å²) < 4.78 is 26.3. The van der Waals surface area contributed by atoms with Crippen LogP contribution < -0.4 is 0 Å². The highest BCUT2D eigenvalue weighted by Crippen LogP contribution is 2.33. The molecular weight excluding hydrogens is 328 g/mol. The van der Waals surface area contributed by atoms with Crippen LogP contribution in [-0.4, -0.2) is 115 Å². The normalized spacial score (nSPS) is 45.9. The van der Waals surface area contributed by atoms with Crippen molar-refractivity contribution in [2.75, 3.05) is 40.6 Å². The lowest BCUT2D eigenvalue weighted by Gasteiger charge is -2.31. The first-order valence-electron chi connectivity index (χ1n) is 7.66. The zero-order valence-corrected chi connectivity index (χ0v) is 13.6. The molecule has 0 amide bonds. The Kier molecular flexibility index (Phi) is 6.90. The van der Waals surface area contributed by atoms with E-state index in [-0.39, 0.29) is 19.8 Å². The Morgan fingerprint density at radius 2 is 1.62 bits per heavy atom. The first-order chi connectivity index (χ1) is 11.4. The largest absolute Gasteiger partial charge is 0.394 e. The summed E-state index contributed by atoms with van der Waals surface area (Å²) in [5, 5.41) is 48.8. The molecule has 10 heteroatoms. The Morgan fingerprint density at radius 3 is 2.12 bits per heavy atom. The van der Waals surface area contributed by atoms with Gasteiger partial charge < -0.3 is 49.2 Å². The highest BCUT2D eigenvalue weighted by molar-refractivity contribution is 5.00. The van der Waals surface area contributed by atoms with Gasteiger partial charge in [-0.25, -0.2) is 0 Å². The van der Waals surface area contributed by atoms with E-state index in [2.05, 4.69) is 0 Å². The van der Waals surface area contributed by atoms with Gasteiger partial charge >= 0.3 is 0 Å². The van der Waals surface area contributed by atoms with Crippen LogP contribution in [0.4, 0.5) is 0 Å². The Hall–Kier alpha value is -0.400. The van der Waals surface area contributed by atoms with Crippen LogP contribution in [-0.2, 0) is 23.7 Å². The molecule has 2 fully saturated rings. The Labute approximate surface area is 139 Å². The van der Waals surface area contributed by atoms with Crippen molar-refractivity contribution in [2.45, 2.75) is 48.5 Å². The standard InChI is InChI=1S/C14H26O10/c1-20-5-14(12(19)11(18)13(21-2)24-14)6-22-4-8-10(17)9(16)7(3-15)23-8/h7-13,15-19H,3-6H2,1-2H3. The van der Waals surface area contributed by atoms with Crippen molar-refractivity contribution in [1.82, 2.24) is 0 Å². The SMILES string of the molecule is COCC1(COCC2OC(CO)C(O)C2O)OC(OC)C(O)C1O. The fourth-order valence-corrected chi connectivity index (χ4v) is 3.01. The van der Waals surface area contributed by atoms with Gasteiger partial charge in [0.2, 0.25) is 0 Å². The van der Waals surface area contributed by atoms with Crippen LogP contribution in [0.25, 0.3) is 0 Å². The van der Waals surface area contributed by atoms with Crippen LogP contribution in [0.15, 0.2) is 0 Å². The summed E-state index contributed by atoms with van der Waals surface area (Å²) in [7, 11) is 2.75. The van der Waals surface area contributed by atoms with E-state index in [1.165, 1.54) is 14.2 Å². The van der Waals surface area contributed by atoms with Crippen LogP contribution in [0.5, 0.6) is 0 Å². The predicted molar refractivity (Wildman–Crippen MR) is 77.1 cm³/mol. The van der Waals surface area contributed by atoms with E-state index < -0.39 is 55.1 Å². The second-order valence-electron chi connectivity index (χ2n) is 6.05. The first kappa shape index (κ1) is 19.9. The molecule has 0 radical (unpaired) electrons. The average Bonchev–Trinajstić information content (AvgIpc) is 2.98. The summed E-state index contributed by atoms with van der Waals surface area (Å²) in [5.41, 5.74) is -1.34. The number of ether oxygens (including phenoxy) is 5. The molecule has 2 rings (SSSR count). The molecule has 0 bridgehead atoms. The summed E-state index contributed by atoms with van der Waals surface area (Å²) in [4.78, 5) is 0. The van der Waals surface area contributed by atoms with Gasteiger partial charge in [0, 0.05) is 14.2 Å². The van der Waals surface area contributed by atoms with Gasteiger partial charge in [0.1, 0.15) is 42.2 Å². The summed E-state index contributed by atoms with van der Waals surface area (Å²) in [5.74, 6) is 0. The molecule has 2 saturated heterocycles. The molecule has 8 atom stereocenters. The molecule has 0 aliphatic carbocycles. The van der Waals surface area contributed by atoms with Crippen molar-refractivity contribution in [2.24, 2.45) is 0 Å². The number of hydrogen-bond donors (Lipinski definition) is 5. The van der Waals surface area contributed by atoms with Crippen molar-refractivity contribution >= 4 is 0 Å². The summed E-state index contributed by atoms with van der Waals surface area (Å²) in [6.07, 6.45) is -7.70. The molecule has 10 nitrogen and oxygen atoms in total. The van der Waals surface area contributed by atoms with Gasteiger partial charge in [-0.15, -0.1) is 0 Å². The molecule has 0 aromatic carbocycles. The monoisotopic (exact) mass is 354 g/mol. The molecule has 5 N–H and O–H groups in total. The quantitative estimate of drug-likeness (QED) is 0.299. The maximum atomic E-state index is 10.2. The summed E-state index contributed by atoms with van der Waals surface area (Å²) in [6, 6.07) is 0. The molecule has 0 saturated carbocycles. The predicted octanol–water partition coefficient (Wildman–Crippen LogP) is -3.41. The minimum absolute atomic E-state index is 0.0545. The molecule has 8 unspecified atom stereocenters.